The van der Waals surface area contributed by atoms with Crippen molar-refractivity contribution in [3.63, 3.8) is 0 Å². The fourth-order valence-electron chi connectivity index (χ4n) is 10.7. The van der Waals surface area contributed by atoms with E-state index < -0.39 is 5.41 Å². The van der Waals surface area contributed by atoms with Crippen LogP contribution >= 0.6 is 0 Å². The Bertz CT molecular complexity index is 3050. The molecule has 0 aromatic heterocycles. The minimum Gasteiger partial charge on any atom is -0.376 e. The molecule has 3 aliphatic carbocycles. The summed E-state index contributed by atoms with van der Waals surface area (Å²) in [6.07, 6.45) is 21.5. The molecule has 0 saturated carbocycles. The van der Waals surface area contributed by atoms with E-state index in [2.05, 4.69) is 235 Å². The number of nitrogens with one attached hydrogen (secondary N) is 2. The molecule has 2 heteroatoms. The molecule has 290 valence electrons. The Morgan fingerprint density at radius 1 is 0.525 bits per heavy atom. The Hall–Kier alpha value is -7.42. The zero-order valence-electron chi connectivity index (χ0n) is 33.8. The van der Waals surface area contributed by atoms with Crippen molar-refractivity contribution in [2.45, 2.75) is 29.8 Å². The Kier molecular flexibility index (Phi) is 8.38. The van der Waals surface area contributed by atoms with Crippen LogP contribution in [0.1, 0.15) is 51.8 Å². The molecule has 2 N–H and O–H groups in total. The van der Waals surface area contributed by atoms with Crippen molar-refractivity contribution < 1.29 is 0 Å². The summed E-state index contributed by atoms with van der Waals surface area (Å²) in [5, 5.41) is 10.4. The normalized spacial score (nSPS) is 20.3. The monoisotopic (exact) mass is 780 g/mol. The van der Waals surface area contributed by atoms with E-state index in [1.807, 2.05) is 0 Å². The maximum absolute atomic E-state index is 4.00. The van der Waals surface area contributed by atoms with Crippen LogP contribution in [0.15, 0.2) is 253 Å². The van der Waals surface area contributed by atoms with Gasteiger partial charge in [0.15, 0.2) is 0 Å². The molecule has 0 bridgehead atoms. The van der Waals surface area contributed by atoms with Gasteiger partial charge in [-0.15, -0.1) is 0 Å². The molecule has 5 aliphatic rings. The van der Waals surface area contributed by atoms with Gasteiger partial charge in [0.05, 0.1) is 17.5 Å². The van der Waals surface area contributed by atoms with Gasteiger partial charge in [0, 0.05) is 17.3 Å². The first-order chi connectivity index (χ1) is 30.2. The standard InChI is InChI=1S/C59H44N2/c1-5-16-39(17-6-1)53-34-31-41-28-29-42-32-35-54(61-58(42)57(41)60-53)46-22-15-21-43(36-46)44-30-33-50-51(37-44)59(47-23-9-3-10-24-47,48-25-11-4-12-26-48)52-38-45-20-13-14-27-49(45)55(56(50)52)40-18-7-2-8-19-40/h1-35,37-38,43,53,58,60-61H,36H2. The van der Waals surface area contributed by atoms with Crippen LogP contribution in [0.4, 0.5) is 0 Å². The van der Waals surface area contributed by atoms with Gasteiger partial charge in [-0.1, -0.05) is 212 Å². The van der Waals surface area contributed by atoms with Crippen LogP contribution in [0, 0.1) is 0 Å². The topological polar surface area (TPSA) is 24.1 Å². The van der Waals surface area contributed by atoms with Gasteiger partial charge in [0.2, 0.25) is 0 Å². The average Bonchev–Trinajstić information content (AvgIpc) is 3.63. The van der Waals surface area contributed by atoms with Crippen molar-refractivity contribution in [2.75, 3.05) is 0 Å². The third kappa shape index (κ3) is 5.70. The van der Waals surface area contributed by atoms with E-state index in [-0.39, 0.29) is 18.0 Å². The number of hydrogen-bond donors (Lipinski definition) is 2. The molecular weight excluding hydrogens is 737 g/mol. The van der Waals surface area contributed by atoms with Gasteiger partial charge in [-0.25, -0.2) is 0 Å². The van der Waals surface area contributed by atoms with Crippen molar-refractivity contribution in [3.8, 4) is 22.3 Å². The van der Waals surface area contributed by atoms with Crippen LogP contribution in [0.2, 0.25) is 0 Å². The maximum Gasteiger partial charge on any atom is 0.0920 e. The SMILES string of the molecule is C1=CC(c2ccc3c(c2)C(c2ccccc2)(c2ccccc2)c2cc4ccccc4c(-c4ccccc4)c2-3)CC(C2=CC=C3C=CC4=C(NC(c5ccccc5)C=C4)C3N2)=C1. The van der Waals surface area contributed by atoms with Gasteiger partial charge >= 0.3 is 0 Å². The van der Waals surface area contributed by atoms with Gasteiger partial charge in [0.1, 0.15) is 0 Å². The van der Waals surface area contributed by atoms with Crippen molar-refractivity contribution in [1.82, 2.24) is 10.6 Å². The summed E-state index contributed by atoms with van der Waals surface area (Å²) in [5.41, 5.74) is 18.7. The van der Waals surface area contributed by atoms with E-state index in [1.54, 1.807) is 0 Å². The van der Waals surface area contributed by atoms with Gasteiger partial charge in [-0.2, -0.15) is 0 Å². The van der Waals surface area contributed by atoms with Crippen molar-refractivity contribution >= 4 is 10.8 Å². The molecule has 7 aromatic carbocycles. The lowest BCUT2D eigenvalue weighted by atomic mass is 9.67. The third-order valence-electron chi connectivity index (χ3n) is 13.6. The molecule has 3 atom stereocenters. The van der Waals surface area contributed by atoms with Crippen LogP contribution in [-0.4, -0.2) is 6.04 Å². The Balaban J connectivity index is 0.960. The fourth-order valence-corrected chi connectivity index (χ4v) is 10.7. The van der Waals surface area contributed by atoms with Gasteiger partial charge in [-0.05, 0) is 102 Å². The molecule has 7 aromatic rings. The smallest absolute Gasteiger partial charge is 0.0920 e. The second-order valence-corrected chi connectivity index (χ2v) is 16.9. The highest BCUT2D eigenvalue weighted by Crippen LogP contribution is 2.60. The summed E-state index contributed by atoms with van der Waals surface area (Å²) in [5.74, 6) is 0.207. The van der Waals surface area contributed by atoms with Gasteiger partial charge in [-0.3, -0.25) is 0 Å². The summed E-state index contributed by atoms with van der Waals surface area (Å²) in [7, 11) is 0. The number of benzene rings is 7. The van der Waals surface area contributed by atoms with Crippen molar-refractivity contribution in [1.29, 1.82) is 0 Å². The molecular formula is C59H44N2. The number of fused-ring (bicyclic) bond motifs is 6. The molecule has 0 saturated heterocycles. The van der Waals surface area contributed by atoms with Crippen molar-refractivity contribution in [3.05, 3.63) is 286 Å². The molecule has 2 heterocycles. The zero-order chi connectivity index (χ0) is 40.3. The Morgan fingerprint density at radius 3 is 2.00 bits per heavy atom. The first-order valence-electron chi connectivity index (χ1n) is 21.6. The summed E-state index contributed by atoms with van der Waals surface area (Å²) >= 11 is 0. The van der Waals surface area contributed by atoms with E-state index in [1.165, 1.54) is 94.5 Å². The van der Waals surface area contributed by atoms with E-state index in [0.29, 0.717) is 0 Å². The molecule has 61 heavy (non-hydrogen) atoms. The highest BCUT2D eigenvalue weighted by Gasteiger charge is 2.48. The number of rotatable bonds is 6. The number of dihydropyridines is 2. The largest absolute Gasteiger partial charge is 0.376 e. The molecule has 0 radical (unpaired) electrons. The Labute approximate surface area is 358 Å². The molecule has 12 rings (SSSR count). The van der Waals surface area contributed by atoms with Crippen LogP contribution in [-0.2, 0) is 5.41 Å². The third-order valence-corrected chi connectivity index (χ3v) is 13.6. The predicted molar refractivity (Wildman–Crippen MR) is 252 cm³/mol. The van der Waals surface area contributed by atoms with Gasteiger partial charge < -0.3 is 10.6 Å². The van der Waals surface area contributed by atoms with Crippen LogP contribution in [0.25, 0.3) is 33.0 Å². The lowest BCUT2D eigenvalue weighted by Gasteiger charge is -2.37. The lowest BCUT2D eigenvalue weighted by Crippen LogP contribution is -2.43. The summed E-state index contributed by atoms with van der Waals surface area (Å²) < 4.78 is 0. The molecule has 0 fully saturated rings. The van der Waals surface area contributed by atoms with Crippen LogP contribution in [0.5, 0.6) is 0 Å². The zero-order valence-corrected chi connectivity index (χ0v) is 33.8. The average molecular weight is 781 g/mol. The minimum absolute atomic E-state index is 0.0617. The molecule has 2 aliphatic heterocycles. The van der Waals surface area contributed by atoms with E-state index in [9.17, 15) is 0 Å². The highest BCUT2D eigenvalue weighted by molar-refractivity contribution is 6.09. The molecule has 2 nitrogen and oxygen atoms in total. The summed E-state index contributed by atoms with van der Waals surface area (Å²) in [4.78, 5) is 0. The summed E-state index contributed by atoms with van der Waals surface area (Å²) in [6.45, 7) is 0. The van der Waals surface area contributed by atoms with E-state index >= 15 is 0 Å². The quantitative estimate of drug-likeness (QED) is 0.176. The molecule has 0 spiro atoms. The van der Waals surface area contributed by atoms with E-state index in [4.69, 9.17) is 0 Å². The number of allylic oxidation sites excluding steroid dienone is 9. The lowest BCUT2D eigenvalue weighted by molar-refractivity contribution is 0.593. The fraction of sp³-hybridized carbons (Fsp3) is 0.0847. The first-order valence-corrected chi connectivity index (χ1v) is 21.6. The maximum atomic E-state index is 4.00. The minimum atomic E-state index is -0.526. The van der Waals surface area contributed by atoms with Gasteiger partial charge in [0.25, 0.3) is 0 Å². The second-order valence-electron chi connectivity index (χ2n) is 16.9. The Morgan fingerprint density at radius 2 is 1.23 bits per heavy atom. The van der Waals surface area contributed by atoms with Crippen LogP contribution in [0.3, 0.4) is 0 Å². The number of hydrogen-bond acceptors (Lipinski definition) is 2. The van der Waals surface area contributed by atoms with Crippen LogP contribution < -0.4 is 10.6 Å². The first kappa shape index (κ1) is 35.5. The van der Waals surface area contributed by atoms with E-state index in [0.717, 1.165) is 6.42 Å². The highest BCUT2D eigenvalue weighted by atomic mass is 15.0. The van der Waals surface area contributed by atoms with Crippen molar-refractivity contribution in [2.24, 2.45) is 0 Å². The molecule has 3 unspecified atom stereocenters. The second kappa shape index (κ2) is 14.4. The molecule has 0 amide bonds. The predicted octanol–water partition coefficient (Wildman–Crippen LogP) is 13.3. The summed E-state index contributed by atoms with van der Waals surface area (Å²) in [6, 6.07) is 63.2.